The van der Waals surface area contributed by atoms with E-state index in [1.807, 2.05) is 20.8 Å². The first-order chi connectivity index (χ1) is 23.7. The van der Waals surface area contributed by atoms with Crippen molar-refractivity contribution in [3.63, 3.8) is 0 Å². The molecule has 1 fully saturated rings. The first-order valence-corrected chi connectivity index (χ1v) is 17.4. The van der Waals surface area contributed by atoms with Crippen LogP contribution in [-0.2, 0) is 35.3 Å². The third-order valence-corrected chi connectivity index (χ3v) is 8.17. The number of alkyl halides is 1. The minimum Gasteiger partial charge on any atom is -0.463 e. The van der Waals surface area contributed by atoms with E-state index >= 15 is 0 Å². The molecule has 1 aliphatic heterocycles. The van der Waals surface area contributed by atoms with E-state index in [2.05, 4.69) is 21.3 Å². The normalized spacial score (nSPS) is 17.3. The number of likely N-dealkylation sites (tertiary alicyclic amines) is 1. The van der Waals surface area contributed by atoms with Crippen molar-refractivity contribution in [3.8, 4) is 0 Å². The van der Waals surface area contributed by atoms with Crippen LogP contribution in [-0.4, -0.2) is 84.7 Å². The summed E-state index contributed by atoms with van der Waals surface area (Å²) in [4.78, 5) is 76.7. The van der Waals surface area contributed by atoms with Gasteiger partial charge < -0.3 is 36.5 Å². The van der Waals surface area contributed by atoms with Crippen LogP contribution in [0.25, 0.3) is 0 Å². The topological polar surface area (TPSA) is 198 Å². The largest absolute Gasteiger partial charge is 0.463 e. The van der Waals surface area contributed by atoms with Gasteiger partial charge in [0, 0.05) is 25.1 Å². The Morgan fingerprint density at radius 3 is 2.18 bits per heavy atom. The molecule has 0 spiro atoms. The Morgan fingerprint density at radius 1 is 0.961 bits per heavy atom. The van der Waals surface area contributed by atoms with Crippen LogP contribution >= 0.6 is 0 Å². The van der Waals surface area contributed by atoms with Gasteiger partial charge in [-0.2, -0.15) is 0 Å². The molecule has 1 heterocycles. The van der Waals surface area contributed by atoms with Crippen molar-refractivity contribution in [1.82, 2.24) is 20.9 Å². The zero-order valence-corrected chi connectivity index (χ0v) is 31.2. The summed E-state index contributed by atoms with van der Waals surface area (Å²) in [5.74, 6) is -2.00. The number of hydrogen-bond acceptors (Lipinski definition) is 8. The highest BCUT2D eigenvalue weighted by molar-refractivity contribution is 5.98. The lowest BCUT2D eigenvalue weighted by Gasteiger charge is -2.26. The lowest BCUT2D eigenvalue weighted by molar-refractivity contribution is -0.154. The molecule has 14 nitrogen and oxygen atoms in total. The van der Waals surface area contributed by atoms with Gasteiger partial charge in [-0.3, -0.25) is 24.1 Å². The predicted octanol–water partition coefficient (Wildman–Crippen LogP) is 4.16. The second-order valence-electron chi connectivity index (χ2n) is 15.6. The third kappa shape index (κ3) is 15.6. The van der Waals surface area contributed by atoms with Crippen LogP contribution in [0.3, 0.4) is 0 Å². The maximum Gasteiger partial charge on any atom is 0.410 e. The van der Waals surface area contributed by atoms with Crippen LogP contribution in [0.5, 0.6) is 0 Å². The van der Waals surface area contributed by atoms with Gasteiger partial charge in [-0.05, 0) is 69.1 Å². The molecular weight excluding hydrogens is 663 g/mol. The van der Waals surface area contributed by atoms with Crippen molar-refractivity contribution >= 4 is 41.5 Å². The number of carbonyl (C=O) groups is 6. The molecule has 0 saturated carbocycles. The van der Waals surface area contributed by atoms with E-state index in [0.717, 1.165) is 0 Å². The average Bonchev–Trinajstić information content (AvgIpc) is 3.41. The second kappa shape index (κ2) is 19.3. The van der Waals surface area contributed by atoms with Crippen molar-refractivity contribution in [2.75, 3.05) is 25.0 Å². The fourth-order valence-corrected chi connectivity index (χ4v) is 5.09. The minimum atomic E-state index is -1.26. The summed E-state index contributed by atoms with van der Waals surface area (Å²) in [6.07, 6.45) is -0.576. The number of nitrogens with zero attached hydrogens (tertiary/aromatic N) is 1. The van der Waals surface area contributed by atoms with Crippen LogP contribution in [0, 0.1) is 16.7 Å². The Hall–Kier alpha value is -4.43. The minimum absolute atomic E-state index is 0.0359. The fourth-order valence-electron chi connectivity index (χ4n) is 5.09. The number of hydrogen-bond donors (Lipinski definition) is 5. The number of ether oxygens (including phenoxy) is 2. The van der Waals surface area contributed by atoms with Crippen LogP contribution in [0.4, 0.5) is 19.7 Å². The number of rotatable bonds is 16. The number of benzene rings is 1. The molecule has 15 heteroatoms. The summed E-state index contributed by atoms with van der Waals surface area (Å²) >= 11 is 0. The molecule has 51 heavy (non-hydrogen) atoms. The SMILES string of the molecule is CC(C)[C@H](NC(=O)CCC(C)(C)C)C(=O)N[C@@H](CCCNC(N)=O)C(=O)Nc1ccc(COC(=O)N2C[C@@H](F)C[C@H]2COC(=O)C(C)(C)C)cc1. The van der Waals surface area contributed by atoms with Crippen LogP contribution in [0.1, 0.15) is 93.1 Å². The number of anilines is 1. The molecule has 1 saturated heterocycles. The smallest absolute Gasteiger partial charge is 0.410 e. The van der Waals surface area contributed by atoms with Gasteiger partial charge in [0.1, 0.15) is 31.5 Å². The number of urea groups is 1. The Bertz CT molecular complexity index is 1360. The van der Waals surface area contributed by atoms with Gasteiger partial charge in [0.05, 0.1) is 18.0 Å². The van der Waals surface area contributed by atoms with Gasteiger partial charge >= 0.3 is 18.1 Å². The molecule has 6 amide bonds. The number of carbonyl (C=O) groups excluding carboxylic acids is 6. The highest BCUT2D eigenvalue weighted by Gasteiger charge is 2.38. The van der Waals surface area contributed by atoms with Crippen molar-refractivity contribution in [3.05, 3.63) is 29.8 Å². The van der Waals surface area contributed by atoms with Gasteiger partial charge in [0.25, 0.3) is 0 Å². The van der Waals surface area contributed by atoms with E-state index in [9.17, 15) is 33.2 Å². The van der Waals surface area contributed by atoms with Gasteiger partial charge in [0.2, 0.25) is 17.7 Å². The van der Waals surface area contributed by atoms with E-state index < -0.39 is 59.6 Å². The molecule has 1 aromatic carbocycles. The molecule has 0 radical (unpaired) electrons. The molecule has 4 atom stereocenters. The van der Waals surface area contributed by atoms with Gasteiger partial charge in [-0.15, -0.1) is 0 Å². The first kappa shape index (κ1) is 42.7. The molecule has 0 aromatic heterocycles. The highest BCUT2D eigenvalue weighted by Crippen LogP contribution is 2.24. The van der Waals surface area contributed by atoms with Crippen molar-refractivity contribution in [2.24, 2.45) is 22.5 Å². The predicted molar refractivity (Wildman–Crippen MR) is 190 cm³/mol. The molecule has 0 aliphatic carbocycles. The van der Waals surface area contributed by atoms with E-state index in [1.54, 1.807) is 58.9 Å². The number of halogens is 1. The molecule has 286 valence electrons. The Labute approximate surface area is 300 Å². The Morgan fingerprint density at radius 2 is 1.61 bits per heavy atom. The quantitative estimate of drug-likeness (QED) is 0.124. The summed E-state index contributed by atoms with van der Waals surface area (Å²) in [6.45, 7) is 14.5. The molecule has 2 rings (SSSR count). The lowest BCUT2D eigenvalue weighted by Crippen LogP contribution is -2.54. The van der Waals surface area contributed by atoms with Crippen molar-refractivity contribution < 1.29 is 42.6 Å². The number of primary amides is 1. The summed E-state index contributed by atoms with van der Waals surface area (Å²) in [6, 6.07) is 3.25. The number of amides is 6. The van der Waals surface area contributed by atoms with Gasteiger partial charge in [0.15, 0.2) is 0 Å². The molecule has 6 N–H and O–H groups in total. The third-order valence-electron chi connectivity index (χ3n) is 8.17. The van der Waals surface area contributed by atoms with E-state index in [-0.39, 0.29) is 62.8 Å². The number of nitrogens with one attached hydrogen (secondary N) is 4. The lowest BCUT2D eigenvalue weighted by atomic mass is 9.90. The van der Waals surface area contributed by atoms with Gasteiger partial charge in [-0.1, -0.05) is 46.8 Å². The summed E-state index contributed by atoms with van der Waals surface area (Å²) in [5, 5.41) is 10.8. The molecule has 1 aliphatic rings. The van der Waals surface area contributed by atoms with E-state index in [0.29, 0.717) is 24.1 Å². The van der Waals surface area contributed by atoms with Crippen molar-refractivity contribution in [1.29, 1.82) is 0 Å². The first-order valence-electron chi connectivity index (χ1n) is 17.4. The van der Waals surface area contributed by atoms with Gasteiger partial charge in [-0.25, -0.2) is 14.0 Å². The molecule has 0 unspecified atom stereocenters. The fraction of sp³-hybridized carbons (Fsp3) is 0.667. The average molecular weight is 721 g/mol. The second-order valence-corrected chi connectivity index (χ2v) is 15.6. The van der Waals surface area contributed by atoms with E-state index in [4.69, 9.17) is 15.2 Å². The Kier molecular flexibility index (Phi) is 16.1. The Balaban J connectivity index is 2.03. The zero-order chi connectivity index (χ0) is 38.5. The van der Waals surface area contributed by atoms with Crippen LogP contribution in [0.2, 0.25) is 0 Å². The van der Waals surface area contributed by atoms with Crippen LogP contribution in [0.15, 0.2) is 24.3 Å². The summed E-state index contributed by atoms with van der Waals surface area (Å²) in [7, 11) is 0. The summed E-state index contributed by atoms with van der Waals surface area (Å²) in [5.41, 5.74) is 5.36. The highest BCUT2D eigenvalue weighted by atomic mass is 19.1. The van der Waals surface area contributed by atoms with Crippen LogP contribution < -0.4 is 27.0 Å². The van der Waals surface area contributed by atoms with Crippen molar-refractivity contribution in [2.45, 2.75) is 118 Å². The molecular formula is C36H57FN6O8. The van der Waals surface area contributed by atoms with E-state index in [1.165, 1.54) is 4.90 Å². The maximum atomic E-state index is 14.2. The molecule has 1 aromatic rings. The number of nitrogens with two attached hydrogens (primary N) is 1. The maximum absolute atomic E-state index is 14.2. The molecule has 0 bridgehead atoms. The summed E-state index contributed by atoms with van der Waals surface area (Å²) < 4.78 is 24.9. The number of esters is 1. The standard InChI is InChI=1S/C36H57FN6O8/c1-22(2)29(42-28(44)15-16-35(3,4)5)31(46)41-27(10-9-17-39-33(38)48)30(45)40-25-13-11-23(12-14-25)20-51-34(49)43-19-24(37)18-26(43)21-50-32(47)36(6,7)8/h11-14,22,24,26-27,29H,9-10,15-21H2,1-8H3,(H,40,45)(H,41,46)(H,42,44)(H3,38,39,48)/t24-,26-,27-,29-/m0/s1. The monoisotopic (exact) mass is 720 g/mol. The zero-order valence-electron chi connectivity index (χ0n) is 31.2.